The highest BCUT2D eigenvalue weighted by Crippen LogP contribution is 2.37. The summed E-state index contributed by atoms with van der Waals surface area (Å²) in [7, 11) is 0. The number of hydrogen-bond donors (Lipinski definition) is 3. The summed E-state index contributed by atoms with van der Waals surface area (Å²) in [5.41, 5.74) is 4.12. The quantitative estimate of drug-likeness (QED) is 0.693. The Bertz CT molecular complexity index is 739. The third-order valence-corrected chi connectivity index (χ3v) is 4.99. The molecule has 0 aliphatic rings. The Morgan fingerprint density at radius 2 is 1.56 bits per heavy atom. The van der Waals surface area contributed by atoms with Crippen LogP contribution in [-0.4, -0.2) is 22.9 Å². The van der Waals surface area contributed by atoms with Crippen LogP contribution in [0.25, 0.3) is 0 Å². The van der Waals surface area contributed by atoms with E-state index in [1.165, 1.54) is 11.1 Å². The van der Waals surface area contributed by atoms with Gasteiger partial charge in [-0.05, 0) is 33.9 Å². The lowest BCUT2D eigenvalue weighted by atomic mass is 9.79. The molecule has 0 aromatic heterocycles. The van der Waals surface area contributed by atoms with E-state index in [-0.39, 0.29) is 23.5 Å². The number of aliphatic hydroxyl groups is 1. The van der Waals surface area contributed by atoms with Crippen molar-refractivity contribution in [2.75, 3.05) is 6.61 Å². The molecule has 0 heterocycles. The van der Waals surface area contributed by atoms with Crippen molar-refractivity contribution in [3.63, 3.8) is 0 Å². The van der Waals surface area contributed by atoms with E-state index in [0.717, 1.165) is 17.5 Å². The second kappa shape index (κ2) is 8.45. The molecule has 0 aliphatic carbocycles. The van der Waals surface area contributed by atoms with Gasteiger partial charge in [-0.1, -0.05) is 84.0 Å². The summed E-state index contributed by atoms with van der Waals surface area (Å²) in [5, 5.41) is 24.1. The lowest BCUT2D eigenvalue weighted by molar-refractivity contribution is 0.240. The molecular formula is C24H35NO2. The summed E-state index contributed by atoms with van der Waals surface area (Å²) >= 11 is 0. The monoisotopic (exact) mass is 369 g/mol. The first kappa shape index (κ1) is 21.5. The second-order valence-corrected chi connectivity index (χ2v) is 9.48. The normalized spacial score (nSPS) is 13.6. The van der Waals surface area contributed by atoms with Crippen molar-refractivity contribution in [2.45, 2.75) is 71.4 Å². The minimum atomic E-state index is -0.138. The Kier molecular flexibility index (Phi) is 6.72. The number of benzene rings is 2. The van der Waals surface area contributed by atoms with E-state index in [0.29, 0.717) is 12.3 Å². The van der Waals surface area contributed by atoms with Crippen LogP contribution in [0.3, 0.4) is 0 Å². The van der Waals surface area contributed by atoms with E-state index in [9.17, 15) is 10.2 Å². The molecule has 3 heteroatoms. The van der Waals surface area contributed by atoms with Gasteiger partial charge in [0.05, 0.1) is 6.61 Å². The number of aliphatic hydroxyl groups excluding tert-OH is 1. The van der Waals surface area contributed by atoms with Crippen molar-refractivity contribution in [1.29, 1.82) is 0 Å². The third-order valence-electron chi connectivity index (χ3n) is 4.99. The fourth-order valence-electron chi connectivity index (χ4n) is 3.19. The summed E-state index contributed by atoms with van der Waals surface area (Å²) in [4.78, 5) is 0. The van der Waals surface area contributed by atoms with Gasteiger partial charge in [-0.2, -0.15) is 0 Å². The van der Waals surface area contributed by atoms with Gasteiger partial charge in [-0.3, -0.25) is 0 Å². The summed E-state index contributed by atoms with van der Waals surface area (Å²) < 4.78 is 0. The van der Waals surface area contributed by atoms with Gasteiger partial charge in [0.15, 0.2) is 0 Å². The zero-order valence-corrected chi connectivity index (χ0v) is 17.6. The molecule has 0 fully saturated rings. The molecule has 0 spiro atoms. The van der Waals surface area contributed by atoms with Gasteiger partial charge in [-0.15, -0.1) is 0 Å². The number of phenols is 1. The van der Waals surface area contributed by atoms with Crippen molar-refractivity contribution < 1.29 is 10.2 Å². The predicted molar refractivity (Wildman–Crippen MR) is 113 cm³/mol. The molecule has 0 saturated carbocycles. The van der Waals surface area contributed by atoms with E-state index in [2.05, 4.69) is 71.1 Å². The Labute approximate surface area is 164 Å². The molecule has 1 atom stereocenters. The van der Waals surface area contributed by atoms with Gasteiger partial charge in [0, 0.05) is 18.2 Å². The van der Waals surface area contributed by atoms with E-state index < -0.39 is 0 Å². The van der Waals surface area contributed by atoms with Gasteiger partial charge < -0.3 is 15.5 Å². The van der Waals surface area contributed by atoms with Gasteiger partial charge in [-0.25, -0.2) is 0 Å². The van der Waals surface area contributed by atoms with Gasteiger partial charge in [0.1, 0.15) is 5.75 Å². The Morgan fingerprint density at radius 1 is 0.926 bits per heavy atom. The highest BCUT2D eigenvalue weighted by Gasteiger charge is 2.25. The molecule has 148 valence electrons. The van der Waals surface area contributed by atoms with E-state index >= 15 is 0 Å². The molecule has 0 amide bonds. The average molecular weight is 370 g/mol. The molecule has 3 N–H and O–H groups in total. The molecule has 1 unspecified atom stereocenters. The van der Waals surface area contributed by atoms with Crippen LogP contribution in [0.4, 0.5) is 0 Å². The van der Waals surface area contributed by atoms with Crippen LogP contribution in [0.1, 0.15) is 63.8 Å². The van der Waals surface area contributed by atoms with Crippen LogP contribution in [-0.2, 0) is 23.8 Å². The highest BCUT2D eigenvalue weighted by atomic mass is 16.3. The minimum absolute atomic E-state index is 0.00285. The number of aromatic hydroxyl groups is 1. The molecule has 3 nitrogen and oxygen atoms in total. The Morgan fingerprint density at radius 3 is 2.07 bits per heavy atom. The third kappa shape index (κ3) is 5.82. The molecule has 0 saturated heterocycles. The molecule has 0 aliphatic heterocycles. The Hall–Kier alpha value is -1.84. The van der Waals surface area contributed by atoms with Gasteiger partial charge in [0.25, 0.3) is 0 Å². The van der Waals surface area contributed by atoms with Crippen molar-refractivity contribution in [3.05, 3.63) is 64.7 Å². The van der Waals surface area contributed by atoms with Crippen molar-refractivity contribution in [2.24, 2.45) is 0 Å². The first-order valence-electron chi connectivity index (χ1n) is 9.77. The minimum Gasteiger partial charge on any atom is -0.507 e. The number of phenolic OH excluding ortho intramolecular Hbond substituents is 1. The first-order chi connectivity index (χ1) is 12.5. The second-order valence-electron chi connectivity index (χ2n) is 9.48. The molecule has 0 radical (unpaired) electrons. The smallest absolute Gasteiger partial charge is 0.123 e. The SMILES string of the molecule is CC(C)(C)c1cc(CNC(CO)Cc2ccccc2)c(O)c(C(C)(C)C)c1. The van der Waals surface area contributed by atoms with Crippen LogP contribution in [0.2, 0.25) is 0 Å². The van der Waals surface area contributed by atoms with Crippen LogP contribution >= 0.6 is 0 Å². The lowest BCUT2D eigenvalue weighted by Crippen LogP contribution is -2.34. The van der Waals surface area contributed by atoms with E-state index in [1.54, 1.807) is 0 Å². The maximum absolute atomic E-state index is 10.9. The van der Waals surface area contributed by atoms with Gasteiger partial charge >= 0.3 is 0 Å². The fraction of sp³-hybridized carbons (Fsp3) is 0.500. The zero-order valence-electron chi connectivity index (χ0n) is 17.6. The van der Waals surface area contributed by atoms with Crippen molar-refractivity contribution in [3.8, 4) is 5.75 Å². The average Bonchev–Trinajstić information content (AvgIpc) is 2.58. The molecule has 2 aromatic carbocycles. The summed E-state index contributed by atoms with van der Waals surface area (Å²) in [6, 6.07) is 14.3. The highest BCUT2D eigenvalue weighted by molar-refractivity contribution is 5.48. The standard InChI is InChI=1S/C24H35NO2/c1-23(2,3)19-13-18(22(27)21(14-19)24(4,5)6)15-25-20(16-26)12-17-10-8-7-9-11-17/h7-11,13-14,20,25-27H,12,15-16H2,1-6H3. The van der Waals surface area contributed by atoms with Crippen LogP contribution in [0, 0.1) is 0 Å². The lowest BCUT2D eigenvalue weighted by Gasteiger charge is -2.28. The largest absolute Gasteiger partial charge is 0.507 e. The molecule has 27 heavy (non-hydrogen) atoms. The van der Waals surface area contributed by atoms with Crippen LogP contribution in [0.5, 0.6) is 5.75 Å². The molecular weight excluding hydrogens is 334 g/mol. The van der Waals surface area contributed by atoms with Crippen molar-refractivity contribution >= 4 is 0 Å². The maximum Gasteiger partial charge on any atom is 0.123 e. The Balaban J connectivity index is 2.26. The molecule has 0 bridgehead atoms. The first-order valence-corrected chi connectivity index (χ1v) is 9.77. The predicted octanol–water partition coefficient (Wildman–Crippen LogP) is 4.68. The fourth-order valence-corrected chi connectivity index (χ4v) is 3.19. The molecule has 2 aromatic rings. The van der Waals surface area contributed by atoms with Gasteiger partial charge in [0.2, 0.25) is 0 Å². The zero-order chi connectivity index (χ0) is 20.2. The number of rotatable bonds is 6. The van der Waals surface area contributed by atoms with Crippen LogP contribution in [0.15, 0.2) is 42.5 Å². The maximum atomic E-state index is 10.9. The topological polar surface area (TPSA) is 52.5 Å². The van der Waals surface area contributed by atoms with E-state index in [4.69, 9.17) is 0 Å². The summed E-state index contributed by atoms with van der Waals surface area (Å²) in [6.45, 7) is 13.5. The molecule has 2 rings (SSSR count). The summed E-state index contributed by atoms with van der Waals surface area (Å²) in [6.07, 6.45) is 0.753. The summed E-state index contributed by atoms with van der Waals surface area (Å²) in [5.74, 6) is 0.361. The number of nitrogens with one attached hydrogen (secondary N) is 1. The van der Waals surface area contributed by atoms with E-state index in [1.807, 2.05) is 18.2 Å². The number of hydrogen-bond acceptors (Lipinski definition) is 3. The van der Waals surface area contributed by atoms with Crippen LogP contribution < -0.4 is 5.32 Å². The van der Waals surface area contributed by atoms with Crippen molar-refractivity contribution in [1.82, 2.24) is 5.32 Å².